The van der Waals surface area contributed by atoms with Gasteiger partial charge in [-0.1, -0.05) is 23.1 Å². The van der Waals surface area contributed by atoms with Gasteiger partial charge in [0.25, 0.3) is 0 Å². The molecule has 0 aliphatic carbocycles. The standard InChI is InChI=1S/C10H16N4O2S2/c1-8-12-13-10(18-8)17-7-2-11-9(15)14-3-5-16-6-4-14/h2-7H2,1H3,(H,11,15). The summed E-state index contributed by atoms with van der Waals surface area (Å²) in [6.07, 6.45) is 0. The number of urea groups is 1. The predicted molar refractivity (Wildman–Crippen MR) is 71.2 cm³/mol. The summed E-state index contributed by atoms with van der Waals surface area (Å²) >= 11 is 3.19. The van der Waals surface area contributed by atoms with Crippen molar-refractivity contribution in [1.82, 2.24) is 20.4 Å². The molecule has 1 N–H and O–H groups in total. The third-order valence-corrected chi connectivity index (χ3v) is 4.38. The number of nitrogens with zero attached hydrogens (tertiary/aromatic N) is 3. The molecule has 1 aliphatic rings. The molecule has 1 aliphatic heterocycles. The van der Waals surface area contributed by atoms with Gasteiger partial charge < -0.3 is 15.0 Å². The summed E-state index contributed by atoms with van der Waals surface area (Å²) < 4.78 is 6.15. The van der Waals surface area contributed by atoms with E-state index < -0.39 is 0 Å². The fraction of sp³-hybridized carbons (Fsp3) is 0.700. The quantitative estimate of drug-likeness (QED) is 0.661. The monoisotopic (exact) mass is 288 g/mol. The topological polar surface area (TPSA) is 67.4 Å². The number of aryl methyl sites for hydroxylation is 1. The largest absolute Gasteiger partial charge is 0.378 e. The second-order valence-electron chi connectivity index (χ2n) is 3.77. The van der Waals surface area contributed by atoms with Gasteiger partial charge in [-0.15, -0.1) is 10.2 Å². The lowest BCUT2D eigenvalue weighted by Gasteiger charge is -2.26. The minimum absolute atomic E-state index is 0.00709. The molecule has 0 atom stereocenters. The van der Waals surface area contributed by atoms with Crippen LogP contribution in [-0.4, -0.2) is 59.7 Å². The number of ether oxygens (including phenoxy) is 1. The predicted octanol–water partition coefficient (Wildman–Crippen LogP) is 0.980. The Morgan fingerprint density at radius 2 is 2.28 bits per heavy atom. The van der Waals surface area contributed by atoms with E-state index in [0.29, 0.717) is 32.8 Å². The van der Waals surface area contributed by atoms with Gasteiger partial charge in [-0.3, -0.25) is 0 Å². The molecule has 2 heterocycles. The second kappa shape index (κ2) is 6.91. The van der Waals surface area contributed by atoms with Crippen LogP contribution in [0.15, 0.2) is 4.34 Å². The van der Waals surface area contributed by atoms with Gasteiger partial charge in [0.1, 0.15) is 5.01 Å². The highest BCUT2D eigenvalue weighted by Crippen LogP contribution is 2.20. The number of morpholine rings is 1. The molecule has 0 unspecified atom stereocenters. The number of carbonyl (C=O) groups is 1. The van der Waals surface area contributed by atoms with E-state index >= 15 is 0 Å². The summed E-state index contributed by atoms with van der Waals surface area (Å²) in [6, 6.07) is -0.00709. The van der Waals surface area contributed by atoms with Gasteiger partial charge in [0.2, 0.25) is 0 Å². The first-order chi connectivity index (χ1) is 8.75. The number of carbonyl (C=O) groups excluding carboxylic acids is 1. The summed E-state index contributed by atoms with van der Waals surface area (Å²) in [4.78, 5) is 13.5. The van der Waals surface area contributed by atoms with Gasteiger partial charge in [-0.05, 0) is 6.92 Å². The molecule has 8 heteroatoms. The molecule has 1 fully saturated rings. The van der Waals surface area contributed by atoms with E-state index in [1.807, 2.05) is 6.92 Å². The molecule has 1 aromatic rings. The number of rotatable bonds is 4. The Labute approximate surface area is 114 Å². The molecule has 1 aromatic heterocycles. The zero-order valence-corrected chi connectivity index (χ0v) is 11.9. The van der Waals surface area contributed by atoms with E-state index in [4.69, 9.17) is 4.74 Å². The van der Waals surface area contributed by atoms with Crippen molar-refractivity contribution < 1.29 is 9.53 Å². The molecule has 0 aromatic carbocycles. The Kier molecular flexibility index (Phi) is 5.21. The van der Waals surface area contributed by atoms with Crippen molar-refractivity contribution in [3.8, 4) is 0 Å². The molecule has 0 radical (unpaired) electrons. The highest BCUT2D eigenvalue weighted by atomic mass is 32.2. The Balaban J connectivity index is 1.61. The van der Waals surface area contributed by atoms with E-state index in [-0.39, 0.29) is 6.03 Å². The van der Waals surface area contributed by atoms with Crippen LogP contribution in [0.5, 0.6) is 0 Å². The summed E-state index contributed by atoms with van der Waals surface area (Å²) in [5.74, 6) is 0.810. The SMILES string of the molecule is Cc1nnc(SCCNC(=O)N2CCOCC2)s1. The van der Waals surface area contributed by atoms with Gasteiger partial charge in [0.15, 0.2) is 4.34 Å². The Hall–Kier alpha value is -0.860. The number of nitrogens with one attached hydrogen (secondary N) is 1. The Bertz CT molecular complexity index is 393. The van der Waals surface area contributed by atoms with Crippen LogP contribution in [0, 0.1) is 6.92 Å². The maximum atomic E-state index is 11.7. The van der Waals surface area contributed by atoms with Crippen molar-refractivity contribution in [2.75, 3.05) is 38.6 Å². The summed E-state index contributed by atoms with van der Waals surface area (Å²) in [6.45, 7) is 5.18. The first-order valence-electron chi connectivity index (χ1n) is 5.79. The van der Waals surface area contributed by atoms with Crippen molar-refractivity contribution in [2.24, 2.45) is 0 Å². The molecule has 100 valence electrons. The third kappa shape index (κ3) is 4.11. The van der Waals surface area contributed by atoms with E-state index in [1.165, 1.54) is 0 Å². The van der Waals surface area contributed by atoms with E-state index in [9.17, 15) is 4.79 Å². The lowest BCUT2D eigenvalue weighted by atomic mass is 10.4. The first kappa shape index (κ1) is 13.6. The number of hydrogen-bond donors (Lipinski definition) is 1. The van der Waals surface area contributed by atoms with Gasteiger partial charge in [0, 0.05) is 25.4 Å². The van der Waals surface area contributed by atoms with Gasteiger partial charge >= 0.3 is 6.03 Å². The summed E-state index contributed by atoms with van der Waals surface area (Å²) in [5.41, 5.74) is 0. The lowest BCUT2D eigenvalue weighted by molar-refractivity contribution is 0.0533. The van der Waals surface area contributed by atoms with E-state index in [0.717, 1.165) is 15.1 Å². The molecule has 6 nitrogen and oxygen atoms in total. The van der Waals surface area contributed by atoms with Gasteiger partial charge in [-0.2, -0.15) is 0 Å². The highest BCUT2D eigenvalue weighted by Gasteiger charge is 2.15. The zero-order chi connectivity index (χ0) is 12.8. The van der Waals surface area contributed by atoms with Crippen LogP contribution in [-0.2, 0) is 4.74 Å². The fourth-order valence-corrected chi connectivity index (χ4v) is 3.25. The third-order valence-electron chi connectivity index (χ3n) is 2.41. The maximum Gasteiger partial charge on any atom is 0.317 e. The van der Waals surface area contributed by atoms with Crippen LogP contribution in [0.2, 0.25) is 0 Å². The second-order valence-corrected chi connectivity index (χ2v) is 6.29. The van der Waals surface area contributed by atoms with Crippen LogP contribution in [0.25, 0.3) is 0 Å². The van der Waals surface area contributed by atoms with Crippen molar-refractivity contribution in [1.29, 1.82) is 0 Å². The molecule has 18 heavy (non-hydrogen) atoms. The van der Waals surface area contributed by atoms with Crippen LogP contribution < -0.4 is 5.32 Å². The smallest absolute Gasteiger partial charge is 0.317 e. The molecule has 0 saturated carbocycles. The van der Waals surface area contributed by atoms with Crippen molar-refractivity contribution in [3.05, 3.63) is 5.01 Å². The van der Waals surface area contributed by atoms with E-state index in [1.54, 1.807) is 28.0 Å². The molecular weight excluding hydrogens is 272 g/mol. The van der Waals surface area contributed by atoms with E-state index in [2.05, 4.69) is 15.5 Å². The number of hydrogen-bond acceptors (Lipinski definition) is 6. The number of amides is 2. The van der Waals surface area contributed by atoms with Crippen LogP contribution in [0.3, 0.4) is 0 Å². The molecule has 1 saturated heterocycles. The normalized spacial score (nSPS) is 15.7. The fourth-order valence-electron chi connectivity index (χ4n) is 1.51. The zero-order valence-electron chi connectivity index (χ0n) is 10.2. The number of thioether (sulfide) groups is 1. The lowest BCUT2D eigenvalue weighted by Crippen LogP contribution is -2.46. The van der Waals surface area contributed by atoms with Crippen LogP contribution >= 0.6 is 23.1 Å². The first-order valence-corrected chi connectivity index (χ1v) is 7.59. The molecule has 0 bridgehead atoms. The van der Waals surface area contributed by atoms with Gasteiger partial charge in [-0.25, -0.2) is 4.79 Å². The maximum absolute atomic E-state index is 11.7. The average Bonchev–Trinajstić information content (AvgIpc) is 2.81. The number of aromatic nitrogens is 2. The van der Waals surface area contributed by atoms with Crippen LogP contribution in [0.4, 0.5) is 4.79 Å². The molecule has 0 spiro atoms. The Morgan fingerprint density at radius 3 is 2.94 bits per heavy atom. The van der Waals surface area contributed by atoms with Gasteiger partial charge in [0.05, 0.1) is 13.2 Å². The van der Waals surface area contributed by atoms with Crippen molar-refractivity contribution in [2.45, 2.75) is 11.3 Å². The molecule has 2 amide bonds. The summed E-state index contributed by atoms with van der Waals surface area (Å²) in [7, 11) is 0. The average molecular weight is 288 g/mol. The molecular formula is C10H16N4O2S2. The highest BCUT2D eigenvalue weighted by molar-refractivity contribution is 8.01. The Morgan fingerprint density at radius 1 is 1.50 bits per heavy atom. The molecule has 2 rings (SSSR count). The minimum atomic E-state index is -0.00709. The van der Waals surface area contributed by atoms with Crippen molar-refractivity contribution >= 4 is 29.1 Å². The van der Waals surface area contributed by atoms with Crippen molar-refractivity contribution in [3.63, 3.8) is 0 Å². The minimum Gasteiger partial charge on any atom is -0.378 e. The summed E-state index contributed by atoms with van der Waals surface area (Å²) in [5, 5.41) is 11.8. The van der Waals surface area contributed by atoms with Crippen LogP contribution in [0.1, 0.15) is 5.01 Å².